The molecule has 1 aromatic heterocycles. The van der Waals surface area contributed by atoms with Crippen LogP contribution >= 0.6 is 11.9 Å². The monoisotopic (exact) mass is 695 g/mol. The van der Waals surface area contributed by atoms with Gasteiger partial charge in [0.2, 0.25) is 17.7 Å². The number of carbonyl (C=O) groups is 4. The molecule has 3 aliphatic heterocycles. The first kappa shape index (κ1) is 38.7. The van der Waals surface area contributed by atoms with Crippen LogP contribution in [-0.2, 0) is 25.6 Å². The van der Waals surface area contributed by atoms with Gasteiger partial charge in [0, 0.05) is 42.9 Å². The maximum atomic E-state index is 13.6. The average molecular weight is 696 g/mol. The van der Waals surface area contributed by atoms with Gasteiger partial charge in [0.05, 0.1) is 24.7 Å². The second-order valence-corrected chi connectivity index (χ2v) is 14.9. The Morgan fingerprint density at radius 1 is 1.10 bits per heavy atom. The van der Waals surface area contributed by atoms with Crippen molar-refractivity contribution < 1.29 is 19.2 Å². The van der Waals surface area contributed by atoms with Gasteiger partial charge in [0.15, 0.2) is 0 Å². The number of likely N-dealkylation sites (tertiary alicyclic amines) is 1. The van der Waals surface area contributed by atoms with Gasteiger partial charge >= 0.3 is 0 Å². The van der Waals surface area contributed by atoms with E-state index in [1.165, 1.54) is 10.5 Å². The van der Waals surface area contributed by atoms with Crippen LogP contribution in [0.2, 0.25) is 0 Å². The highest BCUT2D eigenvalue weighted by Crippen LogP contribution is 2.39. The number of rotatable bonds is 13. The lowest BCUT2D eigenvalue weighted by molar-refractivity contribution is -0.166. The number of hydrogen-bond acceptors (Lipinski definition) is 9. The lowest BCUT2D eigenvalue weighted by Gasteiger charge is -2.53. The van der Waals surface area contributed by atoms with Crippen molar-refractivity contribution in [2.24, 2.45) is 17.4 Å². The Hall–Kier alpha value is -3.06. The summed E-state index contributed by atoms with van der Waals surface area (Å²) in [5.74, 6) is -0.0470. The number of amides is 3. The van der Waals surface area contributed by atoms with E-state index in [0.717, 1.165) is 63.2 Å². The Bertz CT molecular complexity index is 1350. The Morgan fingerprint density at radius 3 is 2.43 bits per heavy atom. The predicted octanol–water partition coefficient (Wildman–Crippen LogP) is 4.03. The summed E-state index contributed by atoms with van der Waals surface area (Å²) < 4.78 is 2.26. The zero-order valence-corrected chi connectivity index (χ0v) is 30.8. The van der Waals surface area contributed by atoms with E-state index in [9.17, 15) is 19.2 Å². The minimum absolute atomic E-state index is 0.0430. The Labute approximate surface area is 297 Å². The van der Waals surface area contributed by atoms with Crippen molar-refractivity contribution in [1.29, 1.82) is 0 Å². The molecular formula is C37H57N7O4S. The SMILES string of the molecule is CC(C)C(N)C(=O)N1CCCC1C=O.CCC/C=C\C(SN1CC(N)C(=O)N2C(Cc3cccnc3)C(=O)N(C3CC3)CC12)=C(CC)CC. The maximum absolute atomic E-state index is 13.6. The maximum Gasteiger partial charge on any atom is 0.246 e. The van der Waals surface area contributed by atoms with E-state index < -0.39 is 18.1 Å². The third kappa shape index (κ3) is 9.59. The third-order valence-corrected chi connectivity index (χ3v) is 11.1. The van der Waals surface area contributed by atoms with E-state index in [4.69, 9.17) is 11.5 Å². The zero-order chi connectivity index (χ0) is 35.7. The highest BCUT2D eigenvalue weighted by molar-refractivity contribution is 8.01. The highest BCUT2D eigenvalue weighted by Gasteiger charge is 2.52. The fourth-order valence-electron chi connectivity index (χ4n) is 6.71. The number of allylic oxidation sites excluding steroid dienone is 3. The molecule has 4 N–H and O–H groups in total. The smallest absolute Gasteiger partial charge is 0.246 e. The summed E-state index contributed by atoms with van der Waals surface area (Å²) in [6.07, 6.45) is 17.0. The summed E-state index contributed by atoms with van der Waals surface area (Å²) >= 11 is 1.71. The van der Waals surface area contributed by atoms with Gasteiger partial charge in [0.25, 0.3) is 0 Å². The predicted molar refractivity (Wildman–Crippen MR) is 195 cm³/mol. The topological polar surface area (TPSA) is 146 Å². The number of hydrogen-bond donors (Lipinski definition) is 2. The van der Waals surface area contributed by atoms with Gasteiger partial charge < -0.3 is 31.0 Å². The van der Waals surface area contributed by atoms with Crippen molar-refractivity contribution in [2.75, 3.05) is 19.6 Å². The molecule has 1 aromatic rings. The molecule has 12 heteroatoms. The molecule has 4 fully saturated rings. The summed E-state index contributed by atoms with van der Waals surface area (Å²) in [5, 5.41) is 0. The summed E-state index contributed by atoms with van der Waals surface area (Å²) in [6.45, 7) is 12.1. The minimum atomic E-state index is -0.650. The molecule has 0 bridgehead atoms. The van der Waals surface area contributed by atoms with E-state index in [1.54, 1.807) is 34.1 Å². The van der Waals surface area contributed by atoms with Gasteiger partial charge in [0.1, 0.15) is 18.5 Å². The number of fused-ring (bicyclic) bond motifs is 1. The van der Waals surface area contributed by atoms with Crippen LogP contribution in [0.25, 0.3) is 0 Å². The van der Waals surface area contributed by atoms with Crippen molar-refractivity contribution in [2.45, 2.75) is 129 Å². The molecule has 11 nitrogen and oxygen atoms in total. The zero-order valence-electron chi connectivity index (χ0n) is 30.0. The minimum Gasteiger partial charge on any atom is -0.334 e. The fraction of sp³-hybridized carbons (Fsp3) is 0.649. The first-order valence-corrected chi connectivity index (χ1v) is 18.9. The molecular weight excluding hydrogens is 639 g/mol. The van der Waals surface area contributed by atoms with E-state index in [-0.39, 0.29) is 35.8 Å². The summed E-state index contributed by atoms with van der Waals surface area (Å²) in [5.41, 5.74) is 14.5. The molecule has 4 aliphatic rings. The van der Waals surface area contributed by atoms with Crippen LogP contribution in [0.3, 0.4) is 0 Å². The van der Waals surface area contributed by atoms with Crippen LogP contribution in [0.5, 0.6) is 0 Å². The van der Waals surface area contributed by atoms with Crippen LogP contribution < -0.4 is 11.5 Å². The number of aldehydes is 1. The highest BCUT2D eigenvalue weighted by atomic mass is 32.2. The molecule has 5 unspecified atom stereocenters. The van der Waals surface area contributed by atoms with E-state index in [1.807, 2.05) is 30.9 Å². The van der Waals surface area contributed by atoms with Crippen molar-refractivity contribution in [1.82, 2.24) is 24.0 Å². The van der Waals surface area contributed by atoms with Gasteiger partial charge in [-0.1, -0.05) is 64.8 Å². The molecule has 49 heavy (non-hydrogen) atoms. The number of pyridine rings is 1. The van der Waals surface area contributed by atoms with Crippen LogP contribution in [-0.4, -0.2) is 104 Å². The fourth-order valence-corrected chi connectivity index (χ4v) is 8.06. The van der Waals surface area contributed by atoms with Crippen molar-refractivity contribution in [3.63, 3.8) is 0 Å². The van der Waals surface area contributed by atoms with Crippen molar-refractivity contribution in [3.05, 3.63) is 52.7 Å². The molecule has 0 aromatic carbocycles. The number of unbranched alkanes of at least 4 members (excludes halogenated alkanes) is 1. The number of aromatic nitrogens is 1. The quantitative estimate of drug-likeness (QED) is 0.177. The van der Waals surface area contributed by atoms with Gasteiger partial charge in [-0.3, -0.25) is 19.4 Å². The standard InChI is InChI=1S/C27H39N5O2S.C10H18N2O2/c1-4-7-8-11-24(20(5-2)6-3)35-31-17-22(28)26(33)32-23(15-19-10-9-14-29-16-19)27(34)30(18-25(31)32)21-12-13-21;1-7(2)9(11)10(14)12-5-3-4-8(12)6-13/h8-11,14,16,21-23,25H,4-7,12-13,15,17-18,28H2,1-3H3;6-9H,3-5,11H2,1-2H3/b11-8-;. The van der Waals surface area contributed by atoms with Crippen LogP contribution in [0.1, 0.15) is 91.5 Å². The normalized spacial score (nSPS) is 24.9. The Balaban J connectivity index is 0.000000324. The number of carbonyl (C=O) groups excluding carboxylic acids is 4. The molecule has 1 saturated carbocycles. The van der Waals surface area contributed by atoms with Gasteiger partial charge in [-0.2, -0.15) is 0 Å². The largest absolute Gasteiger partial charge is 0.334 e. The van der Waals surface area contributed by atoms with E-state index in [0.29, 0.717) is 32.1 Å². The molecule has 1 aliphatic carbocycles. The number of piperazine rings is 1. The van der Waals surface area contributed by atoms with Gasteiger partial charge in [-0.25, -0.2) is 4.31 Å². The first-order valence-electron chi connectivity index (χ1n) is 18.2. The molecule has 5 rings (SSSR count). The van der Waals surface area contributed by atoms with Crippen LogP contribution in [0, 0.1) is 5.92 Å². The molecule has 5 atom stereocenters. The first-order chi connectivity index (χ1) is 23.6. The molecule has 3 amide bonds. The van der Waals surface area contributed by atoms with Crippen LogP contribution in [0.15, 0.2) is 47.2 Å². The number of nitrogens with two attached hydrogens (primary N) is 2. The average Bonchev–Trinajstić information content (AvgIpc) is 3.83. The van der Waals surface area contributed by atoms with E-state index in [2.05, 4.69) is 42.2 Å². The van der Waals surface area contributed by atoms with Gasteiger partial charge in [-0.05, 0) is 74.4 Å². The third-order valence-electron chi connectivity index (χ3n) is 9.89. The lowest BCUT2D eigenvalue weighted by Crippen LogP contribution is -2.74. The Kier molecular flexibility index (Phi) is 14.4. The number of nitrogens with zero attached hydrogens (tertiary/aromatic N) is 5. The van der Waals surface area contributed by atoms with Crippen molar-refractivity contribution in [3.8, 4) is 0 Å². The molecule has 0 radical (unpaired) electrons. The second-order valence-electron chi connectivity index (χ2n) is 13.8. The summed E-state index contributed by atoms with van der Waals surface area (Å²) in [7, 11) is 0. The second kappa shape index (κ2) is 18.3. The van der Waals surface area contributed by atoms with Crippen LogP contribution in [0.4, 0.5) is 0 Å². The van der Waals surface area contributed by atoms with Crippen molar-refractivity contribution >= 4 is 36.0 Å². The molecule has 4 heterocycles. The summed E-state index contributed by atoms with van der Waals surface area (Å²) in [4.78, 5) is 60.5. The Morgan fingerprint density at radius 2 is 1.84 bits per heavy atom. The lowest BCUT2D eigenvalue weighted by atomic mass is 9.98. The molecule has 0 spiro atoms. The molecule has 3 saturated heterocycles. The summed E-state index contributed by atoms with van der Waals surface area (Å²) in [6, 6.07) is 2.22. The van der Waals surface area contributed by atoms with Gasteiger partial charge in [-0.15, -0.1) is 0 Å². The molecule has 270 valence electrons. The van der Waals surface area contributed by atoms with E-state index >= 15 is 0 Å².